The molecule has 15 heavy (non-hydrogen) atoms. The zero-order chi connectivity index (χ0) is 11.0. The van der Waals surface area contributed by atoms with Crippen LogP contribution in [0.4, 0.5) is 0 Å². The van der Waals surface area contributed by atoms with Gasteiger partial charge in [-0.3, -0.25) is 0 Å². The Balaban J connectivity index is 2.69. The topological polar surface area (TPSA) is 59.6 Å². The van der Waals surface area contributed by atoms with Crippen molar-refractivity contribution in [1.82, 2.24) is 14.9 Å². The van der Waals surface area contributed by atoms with Gasteiger partial charge in [0.2, 0.25) is 4.77 Å². The molecule has 0 fully saturated rings. The van der Waals surface area contributed by atoms with Gasteiger partial charge in [-0.05, 0) is 30.8 Å². The van der Waals surface area contributed by atoms with E-state index in [-0.39, 0.29) is 0 Å². The normalized spacial score (nSPS) is 10.5. The van der Waals surface area contributed by atoms with Crippen LogP contribution < -0.4 is 5.84 Å². The number of hydrogen-bond donors (Lipinski definition) is 2. The van der Waals surface area contributed by atoms with Gasteiger partial charge in [-0.15, -0.1) is 0 Å². The SMILES string of the molecule is Cc1cccc(-c2n[nH]c(=S)n2N)c1Cl. The second-order valence-corrected chi connectivity index (χ2v) is 3.92. The van der Waals surface area contributed by atoms with E-state index in [4.69, 9.17) is 29.7 Å². The molecule has 0 saturated carbocycles. The van der Waals surface area contributed by atoms with Crippen LogP contribution in [0.1, 0.15) is 5.56 Å². The average Bonchev–Trinajstić information content (AvgIpc) is 2.53. The number of nitrogen functional groups attached to an aromatic ring is 1. The number of aryl methyl sites for hydroxylation is 1. The van der Waals surface area contributed by atoms with Crippen molar-refractivity contribution in [2.45, 2.75) is 6.92 Å². The molecule has 0 amide bonds. The molecule has 0 bridgehead atoms. The first-order chi connectivity index (χ1) is 7.11. The van der Waals surface area contributed by atoms with E-state index in [2.05, 4.69) is 10.2 Å². The number of rotatable bonds is 1. The van der Waals surface area contributed by atoms with Crippen molar-refractivity contribution in [2.24, 2.45) is 0 Å². The van der Waals surface area contributed by atoms with Gasteiger partial charge in [-0.1, -0.05) is 23.7 Å². The molecule has 6 heteroatoms. The molecule has 1 aromatic carbocycles. The van der Waals surface area contributed by atoms with E-state index in [0.717, 1.165) is 11.1 Å². The van der Waals surface area contributed by atoms with Gasteiger partial charge >= 0.3 is 0 Å². The fourth-order valence-electron chi connectivity index (χ4n) is 1.31. The number of halogens is 1. The van der Waals surface area contributed by atoms with Crippen molar-refractivity contribution in [3.63, 3.8) is 0 Å². The highest BCUT2D eigenvalue weighted by molar-refractivity contribution is 7.71. The Kier molecular flexibility index (Phi) is 2.50. The summed E-state index contributed by atoms with van der Waals surface area (Å²) in [5.74, 6) is 6.25. The molecule has 0 radical (unpaired) electrons. The van der Waals surface area contributed by atoms with Crippen molar-refractivity contribution >= 4 is 23.8 Å². The van der Waals surface area contributed by atoms with E-state index in [1.807, 2.05) is 25.1 Å². The summed E-state index contributed by atoms with van der Waals surface area (Å²) >= 11 is 11.1. The molecule has 1 aromatic heterocycles. The molecule has 2 rings (SSSR count). The molecule has 0 spiro atoms. The fraction of sp³-hybridized carbons (Fsp3) is 0.111. The third-order valence-corrected chi connectivity index (χ3v) is 2.93. The lowest BCUT2D eigenvalue weighted by Crippen LogP contribution is -2.10. The van der Waals surface area contributed by atoms with E-state index >= 15 is 0 Å². The van der Waals surface area contributed by atoms with Crippen LogP contribution in [0.2, 0.25) is 5.02 Å². The largest absolute Gasteiger partial charge is 0.335 e. The summed E-state index contributed by atoms with van der Waals surface area (Å²) in [4.78, 5) is 0. The van der Waals surface area contributed by atoms with Crippen LogP contribution in [0.25, 0.3) is 11.4 Å². The van der Waals surface area contributed by atoms with Crippen LogP contribution in [0.15, 0.2) is 18.2 Å². The maximum Gasteiger partial charge on any atom is 0.214 e. The van der Waals surface area contributed by atoms with Gasteiger partial charge in [0.05, 0.1) is 5.02 Å². The number of aromatic nitrogens is 3. The first-order valence-corrected chi connectivity index (χ1v) is 5.08. The van der Waals surface area contributed by atoms with Crippen LogP contribution in [-0.4, -0.2) is 14.9 Å². The fourth-order valence-corrected chi connectivity index (χ4v) is 1.66. The smallest absolute Gasteiger partial charge is 0.214 e. The van der Waals surface area contributed by atoms with Crippen LogP contribution in [-0.2, 0) is 0 Å². The van der Waals surface area contributed by atoms with Gasteiger partial charge in [-0.2, -0.15) is 5.10 Å². The Morgan fingerprint density at radius 1 is 1.53 bits per heavy atom. The Labute approximate surface area is 96.7 Å². The van der Waals surface area contributed by atoms with Crippen molar-refractivity contribution in [2.75, 3.05) is 5.84 Å². The molecule has 0 aliphatic heterocycles. The molecular weight excluding hydrogens is 232 g/mol. The molecule has 2 aromatic rings. The number of H-pyrrole nitrogens is 1. The Hall–Kier alpha value is -1.33. The van der Waals surface area contributed by atoms with Crippen molar-refractivity contribution in [3.8, 4) is 11.4 Å². The molecule has 0 unspecified atom stereocenters. The standard InChI is InChI=1S/C9H9ClN4S/c1-5-3-2-4-6(7(5)10)8-12-13-9(15)14(8)11/h2-4H,11H2,1H3,(H,13,15). The molecule has 3 N–H and O–H groups in total. The number of aromatic amines is 1. The van der Waals surface area contributed by atoms with Crippen LogP contribution in [0.3, 0.4) is 0 Å². The molecule has 0 atom stereocenters. The first-order valence-electron chi connectivity index (χ1n) is 4.29. The van der Waals surface area contributed by atoms with E-state index in [9.17, 15) is 0 Å². The summed E-state index contributed by atoms with van der Waals surface area (Å²) in [6, 6.07) is 5.67. The van der Waals surface area contributed by atoms with Crippen molar-refractivity contribution < 1.29 is 0 Å². The van der Waals surface area contributed by atoms with Crippen molar-refractivity contribution in [1.29, 1.82) is 0 Å². The third-order valence-electron chi connectivity index (χ3n) is 2.14. The Bertz CT molecular complexity index is 557. The molecule has 1 heterocycles. The highest BCUT2D eigenvalue weighted by Crippen LogP contribution is 2.28. The Morgan fingerprint density at radius 2 is 2.27 bits per heavy atom. The highest BCUT2D eigenvalue weighted by atomic mass is 35.5. The summed E-state index contributed by atoms with van der Waals surface area (Å²) in [6.45, 7) is 1.92. The van der Waals surface area contributed by atoms with Gasteiger partial charge in [0.1, 0.15) is 0 Å². The zero-order valence-electron chi connectivity index (χ0n) is 7.99. The predicted octanol–water partition coefficient (Wildman–Crippen LogP) is 2.28. The Morgan fingerprint density at radius 3 is 2.87 bits per heavy atom. The van der Waals surface area contributed by atoms with E-state index in [1.165, 1.54) is 4.68 Å². The van der Waals surface area contributed by atoms with Gasteiger partial charge in [0.25, 0.3) is 0 Å². The lowest BCUT2D eigenvalue weighted by molar-refractivity contribution is 0.984. The average molecular weight is 241 g/mol. The summed E-state index contributed by atoms with van der Waals surface area (Å²) < 4.78 is 1.67. The molecule has 0 saturated heterocycles. The number of benzene rings is 1. The van der Waals surface area contributed by atoms with Gasteiger partial charge in [0.15, 0.2) is 5.82 Å². The number of nitrogens with one attached hydrogen (secondary N) is 1. The van der Waals surface area contributed by atoms with Gasteiger partial charge in [-0.25, -0.2) is 9.77 Å². The summed E-state index contributed by atoms with van der Waals surface area (Å²) in [5, 5.41) is 7.28. The summed E-state index contributed by atoms with van der Waals surface area (Å²) in [6.07, 6.45) is 0. The monoisotopic (exact) mass is 240 g/mol. The number of nitrogens with two attached hydrogens (primary N) is 1. The van der Waals surface area contributed by atoms with E-state index < -0.39 is 0 Å². The second kappa shape index (κ2) is 3.67. The quantitative estimate of drug-likeness (QED) is 0.594. The van der Waals surface area contributed by atoms with Crippen molar-refractivity contribution in [3.05, 3.63) is 33.6 Å². The lowest BCUT2D eigenvalue weighted by atomic mass is 10.1. The number of hydrogen-bond acceptors (Lipinski definition) is 3. The molecule has 0 aliphatic rings. The number of nitrogens with zero attached hydrogens (tertiary/aromatic N) is 2. The third kappa shape index (κ3) is 1.64. The summed E-state index contributed by atoms with van der Waals surface area (Å²) in [5.41, 5.74) is 1.75. The lowest BCUT2D eigenvalue weighted by Gasteiger charge is -2.04. The summed E-state index contributed by atoms with van der Waals surface area (Å²) in [7, 11) is 0. The molecule has 78 valence electrons. The van der Waals surface area contributed by atoms with Crippen LogP contribution in [0, 0.1) is 11.7 Å². The second-order valence-electron chi connectivity index (χ2n) is 3.16. The van der Waals surface area contributed by atoms with E-state index in [0.29, 0.717) is 15.6 Å². The van der Waals surface area contributed by atoms with Crippen LogP contribution in [0.5, 0.6) is 0 Å². The molecular formula is C9H9ClN4S. The van der Waals surface area contributed by atoms with E-state index in [1.54, 1.807) is 0 Å². The zero-order valence-corrected chi connectivity index (χ0v) is 9.56. The minimum atomic E-state index is 0.363. The molecule has 4 nitrogen and oxygen atoms in total. The highest BCUT2D eigenvalue weighted by Gasteiger charge is 2.11. The predicted molar refractivity (Wildman–Crippen MR) is 62.7 cm³/mol. The first kappa shape index (κ1) is 10.2. The molecule has 0 aliphatic carbocycles. The van der Waals surface area contributed by atoms with Crippen LogP contribution >= 0.6 is 23.8 Å². The maximum atomic E-state index is 6.15. The minimum Gasteiger partial charge on any atom is -0.335 e. The minimum absolute atomic E-state index is 0.363. The van der Waals surface area contributed by atoms with Gasteiger partial charge < -0.3 is 5.84 Å². The van der Waals surface area contributed by atoms with Gasteiger partial charge in [0, 0.05) is 5.56 Å². The maximum absolute atomic E-state index is 6.15.